The second-order valence-corrected chi connectivity index (χ2v) is 4.46. The molecule has 2 aromatic carbocycles. The molecule has 0 atom stereocenters. The fourth-order valence-electron chi connectivity index (χ4n) is 1.95. The summed E-state index contributed by atoms with van der Waals surface area (Å²) < 4.78 is 4.65. The van der Waals surface area contributed by atoms with Crippen LogP contribution >= 0.6 is 0 Å². The van der Waals surface area contributed by atoms with Crippen molar-refractivity contribution in [3.8, 4) is 0 Å². The number of rotatable bonds is 5. The van der Waals surface area contributed by atoms with Gasteiger partial charge in [0.2, 0.25) is 0 Å². The molecule has 0 amide bonds. The number of ether oxygens (including phenoxy) is 1. The Balaban J connectivity index is 2.51. The molecule has 2 N–H and O–H groups in total. The summed E-state index contributed by atoms with van der Waals surface area (Å²) in [5, 5.41) is 22.8. The number of anilines is 2. The molecule has 0 radical (unpaired) electrons. The predicted molar refractivity (Wildman–Crippen MR) is 81.1 cm³/mol. The van der Waals surface area contributed by atoms with Crippen molar-refractivity contribution in [2.45, 2.75) is 0 Å². The highest BCUT2D eigenvalue weighted by molar-refractivity contribution is 5.97. The lowest BCUT2D eigenvalue weighted by Crippen LogP contribution is -2.07. The molecule has 0 aliphatic heterocycles. The van der Waals surface area contributed by atoms with Crippen molar-refractivity contribution in [1.82, 2.24) is 0 Å². The Morgan fingerprint density at radius 3 is 2.48 bits per heavy atom. The Morgan fingerprint density at radius 1 is 1.17 bits per heavy atom. The first kappa shape index (κ1) is 16.0. The van der Waals surface area contributed by atoms with Crippen molar-refractivity contribution in [1.29, 1.82) is 0 Å². The van der Waals surface area contributed by atoms with Crippen LogP contribution in [0.2, 0.25) is 0 Å². The molecule has 0 saturated carbocycles. The van der Waals surface area contributed by atoms with Gasteiger partial charge in [-0.1, -0.05) is 12.1 Å². The van der Waals surface area contributed by atoms with Crippen molar-refractivity contribution in [3.63, 3.8) is 0 Å². The van der Waals surface area contributed by atoms with E-state index in [2.05, 4.69) is 10.1 Å². The summed E-state index contributed by atoms with van der Waals surface area (Å²) >= 11 is 0. The largest absolute Gasteiger partial charge is 0.478 e. The summed E-state index contributed by atoms with van der Waals surface area (Å²) in [5.74, 6) is -1.84. The second-order valence-electron chi connectivity index (χ2n) is 4.46. The first-order chi connectivity index (χ1) is 10.9. The van der Waals surface area contributed by atoms with Gasteiger partial charge in [0.25, 0.3) is 5.69 Å². The standard InChI is InChI=1S/C15H12N2O6/c1-23-15(20)10-4-2-3-5-11(10)16-12-8-9(14(18)19)6-7-13(12)17(21)22/h2-8,16H,1H3,(H,18,19). The molecule has 0 aliphatic rings. The number of methoxy groups -OCH3 is 1. The lowest BCUT2D eigenvalue weighted by atomic mass is 10.1. The Morgan fingerprint density at radius 2 is 1.87 bits per heavy atom. The molecule has 2 rings (SSSR count). The molecule has 0 spiro atoms. The van der Waals surface area contributed by atoms with E-state index in [4.69, 9.17) is 5.11 Å². The third kappa shape index (κ3) is 3.43. The number of hydrogen-bond donors (Lipinski definition) is 2. The molecule has 8 heteroatoms. The summed E-state index contributed by atoms with van der Waals surface area (Å²) in [6.45, 7) is 0. The Bertz CT molecular complexity index is 787. The normalized spacial score (nSPS) is 9.96. The van der Waals surface area contributed by atoms with Crippen LogP contribution in [0.5, 0.6) is 0 Å². The molecule has 118 valence electrons. The summed E-state index contributed by atoms with van der Waals surface area (Å²) in [7, 11) is 1.21. The van der Waals surface area contributed by atoms with Gasteiger partial charge in [0.1, 0.15) is 5.69 Å². The first-order valence-corrected chi connectivity index (χ1v) is 6.40. The van der Waals surface area contributed by atoms with Gasteiger partial charge in [-0.25, -0.2) is 9.59 Å². The van der Waals surface area contributed by atoms with Gasteiger partial charge in [-0.05, 0) is 24.3 Å². The number of nitrogens with one attached hydrogen (secondary N) is 1. The van der Waals surface area contributed by atoms with Gasteiger partial charge in [0.15, 0.2) is 0 Å². The number of carbonyl (C=O) groups excluding carboxylic acids is 1. The predicted octanol–water partition coefficient (Wildman–Crippen LogP) is 2.82. The molecule has 0 unspecified atom stereocenters. The fourth-order valence-corrected chi connectivity index (χ4v) is 1.95. The average Bonchev–Trinajstić information content (AvgIpc) is 2.54. The van der Waals surface area contributed by atoms with Crippen LogP contribution in [0.15, 0.2) is 42.5 Å². The van der Waals surface area contributed by atoms with Gasteiger partial charge in [-0.3, -0.25) is 10.1 Å². The van der Waals surface area contributed by atoms with Gasteiger partial charge < -0.3 is 15.2 Å². The van der Waals surface area contributed by atoms with E-state index in [1.807, 2.05) is 0 Å². The molecule has 23 heavy (non-hydrogen) atoms. The Hall–Kier alpha value is -3.42. The highest BCUT2D eigenvalue weighted by atomic mass is 16.6. The molecule has 0 saturated heterocycles. The molecule has 0 heterocycles. The van der Waals surface area contributed by atoms with E-state index in [-0.39, 0.29) is 28.2 Å². The number of benzene rings is 2. The molecule has 8 nitrogen and oxygen atoms in total. The fraction of sp³-hybridized carbons (Fsp3) is 0.0667. The summed E-state index contributed by atoms with van der Waals surface area (Å²) in [5.41, 5.74) is -0.0235. The Labute approximate surface area is 130 Å². The van der Waals surface area contributed by atoms with Crippen molar-refractivity contribution >= 4 is 29.0 Å². The van der Waals surface area contributed by atoms with Crippen LogP contribution < -0.4 is 5.32 Å². The number of carboxylic acids is 1. The monoisotopic (exact) mass is 316 g/mol. The molecular formula is C15H12N2O6. The lowest BCUT2D eigenvalue weighted by molar-refractivity contribution is -0.383. The van der Waals surface area contributed by atoms with E-state index in [9.17, 15) is 19.7 Å². The topological polar surface area (TPSA) is 119 Å². The zero-order valence-corrected chi connectivity index (χ0v) is 12.0. The minimum Gasteiger partial charge on any atom is -0.478 e. The highest BCUT2D eigenvalue weighted by Crippen LogP contribution is 2.30. The number of carboxylic acid groups (broad SMARTS) is 1. The van der Waals surface area contributed by atoms with E-state index in [1.165, 1.54) is 19.2 Å². The van der Waals surface area contributed by atoms with E-state index in [0.717, 1.165) is 18.2 Å². The summed E-state index contributed by atoms with van der Waals surface area (Å²) in [6.07, 6.45) is 0. The zero-order chi connectivity index (χ0) is 17.0. The molecule has 0 bridgehead atoms. The number of carbonyl (C=O) groups is 2. The van der Waals surface area contributed by atoms with Crippen LogP contribution in [0.3, 0.4) is 0 Å². The zero-order valence-electron chi connectivity index (χ0n) is 12.0. The molecule has 0 aromatic heterocycles. The number of esters is 1. The van der Waals surface area contributed by atoms with Crippen LogP contribution in [-0.2, 0) is 4.74 Å². The molecule has 0 fully saturated rings. The molecule has 0 aliphatic carbocycles. The van der Waals surface area contributed by atoms with Crippen LogP contribution in [0.25, 0.3) is 0 Å². The van der Waals surface area contributed by atoms with Gasteiger partial charge >= 0.3 is 11.9 Å². The van der Waals surface area contributed by atoms with Gasteiger partial charge in [0, 0.05) is 6.07 Å². The lowest BCUT2D eigenvalue weighted by Gasteiger charge is -2.11. The minimum absolute atomic E-state index is 0.0359. The number of hydrogen-bond acceptors (Lipinski definition) is 6. The van der Waals surface area contributed by atoms with Crippen LogP contribution in [0.1, 0.15) is 20.7 Å². The van der Waals surface area contributed by atoms with Crippen molar-refractivity contribution < 1.29 is 24.4 Å². The van der Waals surface area contributed by atoms with Crippen LogP contribution in [0.4, 0.5) is 17.1 Å². The Kier molecular flexibility index (Phi) is 4.55. The van der Waals surface area contributed by atoms with Crippen molar-refractivity contribution in [3.05, 3.63) is 63.7 Å². The van der Waals surface area contributed by atoms with E-state index in [0.29, 0.717) is 0 Å². The number of nitro groups is 1. The number of nitro benzene ring substituents is 1. The maximum absolute atomic E-state index is 11.7. The van der Waals surface area contributed by atoms with E-state index < -0.39 is 16.9 Å². The van der Waals surface area contributed by atoms with E-state index >= 15 is 0 Å². The van der Waals surface area contributed by atoms with Gasteiger partial charge in [-0.2, -0.15) is 0 Å². The second kappa shape index (κ2) is 6.56. The van der Waals surface area contributed by atoms with E-state index in [1.54, 1.807) is 12.1 Å². The van der Waals surface area contributed by atoms with Crippen molar-refractivity contribution in [2.75, 3.05) is 12.4 Å². The average molecular weight is 316 g/mol. The number of nitrogens with zero attached hydrogens (tertiary/aromatic N) is 1. The van der Waals surface area contributed by atoms with Gasteiger partial charge in [0.05, 0.1) is 28.8 Å². The third-order valence-electron chi connectivity index (χ3n) is 3.04. The van der Waals surface area contributed by atoms with Crippen molar-refractivity contribution in [2.24, 2.45) is 0 Å². The highest BCUT2D eigenvalue weighted by Gasteiger charge is 2.19. The summed E-state index contributed by atoms with van der Waals surface area (Å²) in [6, 6.07) is 9.62. The van der Waals surface area contributed by atoms with Gasteiger partial charge in [-0.15, -0.1) is 0 Å². The molecule has 2 aromatic rings. The smallest absolute Gasteiger partial charge is 0.339 e. The number of para-hydroxylation sites is 1. The quantitative estimate of drug-likeness (QED) is 0.494. The third-order valence-corrected chi connectivity index (χ3v) is 3.04. The minimum atomic E-state index is -1.22. The SMILES string of the molecule is COC(=O)c1ccccc1Nc1cc(C(=O)O)ccc1[N+](=O)[O-]. The molecular weight excluding hydrogens is 304 g/mol. The first-order valence-electron chi connectivity index (χ1n) is 6.40. The number of aromatic carboxylic acids is 1. The maximum atomic E-state index is 11.7. The maximum Gasteiger partial charge on any atom is 0.339 e. The van der Waals surface area contributed by atoms with Crippen LogP contribution in [0, 0.1) is 10.1 Å². The summed E-state index contributed by atoms with van der Waals surface area (Å²) in [4.78, 5) is 33.2. The van der Waals surface area contributed by atoms with Crippen LogP contribution in [-0.4, -0.2) is 29.1 Å².